The van der Waals surface area contributed by atoms with Crippen molar-refractivity contribution < 1.29 is 9.90 Å². The average Bonchev–Trinajstić information content (AvgIpc) is 3.38. The molecule has 6 rings (SSSR count). The fraction of sp³-hybridized carbons (Fsp3) is 0.577. The van der Waals surface area contributed by atoms with Gasteiger partial charge in [0.25, 0.3) is 0 Å². The van der Waals surface area contributed by atoms with Crippen molar-refractivity contribution in [2.75, 3.05) is 0 Å². The second kappa shape index (κ2) is 7.26. The molecule has 1 aromatic heterocycles. The molecule has 5 nitrogen and oxygen atoms in total. The minimum absolute atomic E-state index is 0.194. The highest BCUT2D eigenvalue weighted by Crippen LogP contribution is 2.67. The van der Waals surface area contributed by atoms with Crippen LogP contribution < -0.4 is 0 Å². The molecule has 2 aromatic rings. The third-order valence-corrected chi connectivity index (χ3v) is 9.71. The SMILES string of the molecule is C[C@]12CCC3C4CCC(=O)C=C4CCC3C1CC[C@@]2(O)c1cn(-c2ccc(Cl)cc2)nn1. The standard InChI is InChI=1S/C26H30ClN3O2/c1-25-12-10-21-20-9-7-19(31)14-16(20)2-8-22(21)23(25)11-13-26(25,32)24-15-30(29-28-24)18-5-3-17(27)4-6-18/h3-6,14-15,20-23,32H,2,7-13H2,1H3/t20?,21?,22?,23?,25-,26+/m0/s1. The van der Waals surface area contributed by atoms with Crippen LogP contribution in [0.25, 0.3) is 5.69 Å². The summed E-state index contributed by atoms with van der Waals surface area (Å²) >= 11 is 6.02. The Kier molecular flexibility index (Phi) is 4.68. The highest BCUT2D eigenvalue weighted by atomic mass is 35.5. The molecule has 0 spiro atoms. The number of halogens is 1. The molecule has 1 N–H and O–H groups in total. The summed E-state index contributed by atoms with van der Waals surface area (Å²) < 4.78 is 1.74. The number of rotatable bonds is 2. The summed E-state index contributed by atoms with van der Waals surface area (Å²) in [7, 11) is 0. The summed E-state index contributed by atoms with van der Waals surface area (Å²) in [5.41, 5.74) is 1.84. The molecule has 4 unspecified atom stereocenters. The Balaban J connectivity index is 1.30. The molecule has 6 atom stereocenters. The molecule has 0 amide bonds. The smallest absolute Gasteiger partial charge is 0.155 e. The van der Waals surface area contributed by atoms with Gasteiger partial charge in [-0.2, -0.15) is 0 Å². The Morgan fingerprint density at radius 3 is 2.69 bits per heavy atom. The number of hydrogen-bond acceptors (Lipinski definition) is 4. The number of aliphatic hydroxyl groups is 1. The average molecular weight is 452 g/mol. The van der Waals surface area contributed by atoms with Crippen molar-refractivity contribution in [2.45, 2.75) is 63.9 Å². The van der Waals surface area contributed by atoms with E-state index in [0.717, 1.165) is 50.6 Å². The molecule has 1 heterocycles. The Bertz CT molecular complexity index is 1090. The quantitative estimate of drug-likeness (QED) is 0.677. The second-order valence-corrected chi connectivity index (χ2v) is 11.1. The fourth-order valence-corrected chi connectivity index (χ4v) is 7.92. The third kappa shape index (κ3) is 2.90. The van der Waals surface area contributed by atoms with Crippen LogP contribution >= 0.6 is 11.6 Å². The van der Waals surface area contributed by atoms with Crippen LogP contribution in [0.5, 0.6) is 0 Å². The summed E-state index contributed by atoms with van der Waals surface area (Å²) in [6.45, 7) is 2.29. The number of allylic oxidation sites excluding steroid dienone is 1. The summed E-state index contributed by atoms with van der Waals surface area (Å²) in [6, 6.07) is 7.51. The molecular weight excluding hydrogens is 422 g/mol. The Labute approximate surface area is 193 Å². The normalized spacial score (nSPS) is 38.6. The van der Waals surface area contributed by atoms with Crippen LogP contribution in [0.1, 0.15) is 64.0 Å². The van der Waals surface area contributed by atoms with Crippen molar-refractivity contribution in [3.05, 3.63) is 52.8 Å². The lowest BCUT2D eigenvalue weighted by Crippen LogP contribution is -2.51. The van der Waals surface area contributed by atoms with Gasteiger partial charge in [-0.15, -0.1) is 5.10 Å². The van der Waals surface area contributed by atoms with E-state index in [1.807, 2.05) is 36.5 Å². The molecule has 3 saturated carbocycles. The molecular formula is C26H30ClN3O2. The minimum atomic E-state index is -0.952. The lowest BCUT2D eigenvalue weighted by Gasteiger charge is -2.55. The van der Waals surface area contributed by atoms with Crippen LogP contribution in [0.15, 0.2) is 42.1 Å². The van der Waals surface area contributed by atoms with E-state index in [1.54, 1.807) is 4.68 Å². The van der Waals surface area contributed by atoms with Crippen molar-refractivity contribution in [3.8, 4) is 5.69 Å². The largest absolute Gasteiger partial charge is 0.383 e. The number of fused-ring (bicyclic) bond motifs is 5. The van der Waals surface area contributed by atoms with Crippen molar-refractivity contribution in [1.82, 2.24) is 15.0 Å². The maximum atomic E-state index is 12.1. The van der Waals surface area contributed by atoms with Crippen LogP contribution in [-0.4, -0.2) is 25.9 Å². The van der Waals surface area contributed by atoms with Gasteiger partial charge in [0.15, 0.2) is 5.78 Å². The van der Waals surface area contributed by atoms with E-state index in [0.29, 0.717) is 46.6 Å². The maximum absolute atomic E-state index is 12.1. The van der Waals surface area contributed by atoms with Crippen LogP contribution in [0.3, 0.4) is 0 Å². The topological polar surface area (TPSA) is 68.0 Å². The minimum Gasteiger partial charge on any atom is -0.383 e. The van der Waals surface area contributed by atoms with Crippen LogP contribution in [0.2, 0.25) is 5.02 Å². The summed E-state index contributed by atoms with van der Waals surface area (Å²) in [4.78, 5) is 11.9. The van der Waals surface area contributed by atoms with Crippen molar-refractivity contribution >= 4 is 17.4 Å². The van der Waals surface area contributed by atoms with Gasteiger partial charge in [-0.1, -0.05) is 29.3 Å². The molecule has 1 aromatic carbocycles. The van der Waals surface area contributed by atoms with Crippen LogP contribution in [0.4, 0.5) is 0 Å². The van der Waals surface area contributed by atoms with Gasteiger partial charge in [-0.25, -0.2) is 4.68 Å². The van der Waals surface area contributed by atoms with Gasteiger partial charge in [0.05, 0.1) is 11.9 Å². The van der Waals surface area contributed by atoms with Crippen molar-refractivity contribution in [1.29, 1.82) is 0 Å². The Hall–Kier alpha value is -1.98. The van der Waals surface area contributed by atoms with E-state index < -0.39 is 5.60 Å². The molecule has 0 aliphatic heterocycles. The van der Waals surface area contributed by atoms with Gasteiger partial charge < -0.3 is 5.11 Å². The van der Waals surface area contributed by atoms with Crippen LogP contribution in [-0.2, 0) is 10.4 Å². The molecule has 0 radical (unpaired) electrons. The predicted octanol–water partition coefficient (Wildman–Crippen LogP) is 5.25. The van der Waals surface area contributed by atoms with E-state index in [9.17, 15) is 9.90 Å². The summed E-state index contributed by atoms with van der Waals surface area (Å²) in [5, 5.41) is 21.6. The van der Waals surface area contributed by atoms with Gasteiger partial charge in [0, 0.05) is 16.9 Å². The maximum Gasteiger partial charge on any atom is 0.155 e. The fourth-order valence-electron chi connectivity index (χ4n) is 7.79. The van der Waals surface area contributed by atoms with E-state index in [1.165, 1.54) is 5.57 Å². The number of hydrogen-bond donors (Lipinski definition) is 1. The number of ketones is 1. The highest BCUT2D eigenvalue weighted by Gasteiger charge is 2.63. The number of aromatic nitrogens is 3. The number of nitrogens with zero attached hydrogens (tertiary/aromatic N) is 3. The third-order valence-electron chi connectivity index (χ3n) is 9.46. The van der Waals surface area contributed by atoms with Crippen LogP contribution in [0, 0.1) is 29.1 Å². The van der Waals surface area contributed by atoms with E-state index in [-0.39, 0.29) is 5.41 Å². The molecule has 6 heteroatoms. The monoisotopic (exact) mass is 451 g/mol. The van der Waals surface area contributed by atoms with Crippen molar-refractivity contribution in [3.63, 3.8) is 0 Å². The highest BCUT2D eigenvalue weighted by molar-refractivity contribution is 6.30. The lowest BCUT2D eigenvalue weighted by molar-refractivity contribution is -0.126. The molecule has 3 fully saturated rings. The van der Waals surface area contributed by atoms with Crippen molar-refractivity contribution in [2.24, 2.45) is 29.1 Å². The van der Waals surface area contributed by atoms with Gasteiger partial charge in [0.2, 0.25) is 0 Å². The van der Waals surface area contributed by atoms with Gasteiger partial charge in [0.1, 0.15) is 11.3 Å². The van der Waals surface area contributed by atoms with E-state index in [2.05, 4.69) is 17.2 Å². The second-order valence-electron chi connectivity index (χ2n) is 10.7. The first-order valence-corrected chi connectivity index (χ1v) is 12.4. The first-order chi connectivity index (χ1) is 15.4. The molecule has 4 aliphatic carbocycles. The molecule has 0 bridgehead atoms. The number of carbonyl (C=O) groups is 1. The zero-order valence-corrected chi connectivity index (χ0v) is 19.3. The molecule has 32 heavy (non-hydrogen) atoms. The zero-order chi connectivity index (χ0) is 22.1. The first kappa shape index (κ1) is 20.6. The summed E-state index contributed by atoms with van der Waals surface area (Å²) in [6.07, 6.45) is 11.7. The number of benzene rings is 1. The first-order valence-electron chi connectivity index (χ1n) is 12.0. The lowest BCUT2D eigenvalue weighted by atomic mass is 9.50. The van der Waals surface area contributed by atoms with Gasteiger partial charge >= 0.3 is 0 Å². The van der Waals surface area contributed by atoms with E-state index in [4.69, 9.17) is 11.6 Å². The Morgan fingerprint density at radius 2 is 1.88 bits per heavy atom. The molecule has 4 aliphatic rings. The molecule has 0 saturated heterocycles. The molecule has 168 valence electrons. The Morgan fingerprint density at radius 1 is 1.06 bits per heavy atom. The zero-order valence-electron chi connectivity index (χ0n) is 18.5. The predicted molar refractivity (Wildman–Crippen MR) is 122 cm³/mol. The van der Waals surface area contributed by atoms with Gasteiger partial charge in [-0.05, 0) is 99.0 Å². The van der Waals surface area contributed by atoms with Gasteiger partial charge in [-0.3, -0.25) is 4.79 Å². The number of carbonyl (C=O) groups excluding carboxylic acids is 1. The van der Waals surface area contributed by atoms with E-state index >= 15 is 0 Å². The summed E-state index contributed by atoms with van der Waals surface area (Å²) in [5.74, 6) is 2.67.